The van der Waals surface area contributed by atoms with E-state index in [1.54, 1.807) is 0 Å². The Balaban J connectivity index is 2.68. The lowest BCUT2D eigenvalue weighted by Gasteiger charge is -2.28. The summed E-state index contributed by atoms with van der Waals surface area (Å²) in [6.45, 7) is 4.73. The maximum absolute atomic E-state index is 11.5. The van der Waals surface area contributed by atoms with Gasteiger partial charge in [-0.05, 0) is 25.6 Å². The van der Waals surface area contributed by atoms with Crippen LogP contribution in [0, 0.1) is 5.92 Å². The van der Waals surface area contributed by atoms with Crippen molar-refractivity contribution in [3.8, 4) is 0 Å². The van der Waals surface area contributed by atoms with Crippen molar-refractivity contribution in [2.75, 3.05) is 14.2 Å². The highest BCUT2D eigenvalue weighted by Crippen LogP contribution is 2.20. The smallest absolute Gasteiger partial charge is 0.309 e. The SMILES string of the molecule is COC(=O)C(C)C(C)N(C)Cc1ccccc1Br. The number of ether oxygens (including phenoxy) is 1. The van der Waals surface area contributed by atoms with Gasteiger partial charge in [0, 0.05) is 17.1 Å². The minimum Gasteiger partial charge on any atom is -0.469 e. The summed E-state index contributed by atoms with van der Waals surface area (Å²) in [5.74, 6) is -0.302. The molecule has 4 heteroatoms. The van der Waals surface area contributed by atoms with Crippen LogP contribution < -0.4 is 0 Å². The Morgan fingerprint density at radius 1 is 1.39 bits per heavy atom. The van der Waals surface area contributed by atoms with E-state index in [9.17, 15) is 4.79 Å². The number of benzene rings is 1. The van der Waals surface area contributed by atoms with Gasteiger partial charge in [0.2, 0.25) is 0 Å². The zero-order chi connectivity index (χ0) is 13.7. The van der Waals surface area contributed by atoms with E-state index < -0.39 is 0 Å². The van der Waals surface area contributed by atoms with E-state index in [0.717, 1.165) is 11.0 Å². The molecule has 0 heterocycles. The highest BCUT2D eigenvalue weighted by Gasteiger charge is 2.24. The van der Waals surface area contributed by atoms with Gasteiger partial charge in [0.05, 0.1) is 13.0 Å². The number of esters is 1. The molecular weight excluding hydrogens is 294 g/mol. The molecule has 0 aliphatic rings. The van der Waals surface area contributed by atoms with Gasteiger partial charge in [0.1, 0.15) is 0 Å². The molecule has 0 radical (unpaired) electrons. The molecular formula is C14H20BrNO2. The monoisotopic (exact) mass is 313 g/mol. The van der Waals surface area contributed by atoms with Crippen LogP contribution in [0.25, 0.3) is 0 Å². The first-order valence-corrected chi connectivity index (χ1v) is 6.78. The maximum Gasteiger partial charge on any atom is 0.309 e. The fourth-order valence-electron chi connectivity index (χ4n) is 1.80. The molecule has 1 rings (SSSR count). The molecule has 0 aliphatic heterocycles. The molecule has 0 N–H and O–H groups in total. The Morgan fingerprint density at radius 2 is 2.00 bits per heavy atom. The average molecular weight is 314 g/mol. The highest BCUT2D eigenvalue weighted by atomic mass is 79.9. The minimum atomic E-state index is -0.165. The summed E-state index contributed by atoms with van der Waals surface area (Å²) < 4.78 is 5.87. The van der Waals surface area contributed by atoms with Gasteiger partial charge < -0.3 is 4.74 Å². The Morgan fingerprint density at radius 3 is 2.56 bits per heavy atom. The van der Waals surface area contributed by atoms with Crippen molar-refractivity contribution in [3.05, 3.63) is 34.3 Å². The molecule has 0 amide bonds. The second-order valence-corrected chi connectivity index (χ2v) is 5.41. The van der Waals surface area contributed by atoms with E-state index in [4.69, 9.17) is 4.74 Å². The number of methoxy groups -OCH3 is 1. The zero-order valence-electron chi connectivity index (χ0n) is 11.3. The highest BCUT2D eigenvalue weighted by molar-refractivity contribution is 9.10. The van der Waals surface area contributed by atoms with Crippen LogP contribution >= 0.6 is 15.9 Å². The van der Waals surface area contributed by atoms with Crippen LogP contribution in [0.5, 0.6) is 0 Å². The molecule has 0 aliphatic carbocycles. The first-order chi connectivity index (χ1) is 8.47. The third-order valence-electron chi connectivity index (χ3n) is 3.37. The van der Waals surface area contributed by atoms with Crippen LogP contribution in [0.2, 0.25) is 0 Å². The number of hydrogen-bond acceptors (Lipinski definition) is 3. The number of halogens is 1. The largest absolute Gasteiger partial charge is 0.469 e. The Bertz CT molecular complexity index is 409. The first kappa shape index (κ1) is 15.2. The van der Waals surface area contributed by atoms with Gasteiger partial charge in [-0.15, -0.1) is 0 Å². The normalized spacial score (nSPS) is 14.3. The average Bonchev–Trinajstić information content (AvgIpc) is 2.38. The van der Waals surface area contributed by atoms with Crippen LogP contribution in [0.4, 0.5) is 0 Å². The lowest BCUT2D eigenvalue weighted by atomic mass is 10.0. The third-order valence-corrected chi connectivity index (χ3v) is 4.14. The summed E-state index contributed by atoms with van der Waals surface area (Å²) in [6.07, 6.45) is 0. The molecule has 3 nitrogen and oxygen atoms in total. The lowest BCUT2D eigenvalue weighted by molar-refractivity contribution is -0.146. The molecule has 18 heavy (non-hydrogen) atoms. The van der Waals surface area contributed by atoms with Gasteiger partial charge in [-0.25, -0.2) is 0 Å². The van der Waals surface area contributed by atoms with Gasteiger partial charge >= 0.3 is 5.97 Å². The standard InChI is InChI=1S/C14H20BrNO2/c1-10(14(17)18-4)11(2)16(3)9-12-7-5-6-8-13(12)15/h5-8,10-11H,9H2,1-4H3. The van der Waals surface area contributed by atoms with Crippen molar-refractivity contribution in [3.63, 3.8) is 0 Å². The van der Waals surface area contributed by atoms with Gasteiger partial charge in [0.15, 0.2) is 0 Å². The number of hydrogen-bond donors (Lipinski definition) is 0. The Kier molecular flexibility index (Phi) is 5.82. The van der Waals surface area contributed by atoms with E-state index in [-0.39, 0.29) is 17.9 Å². The summed E-state index contributed by atoms with van der Waals surface area (Å²) in [5, 5.41) is 0. The summed E-state index contributed by atoms with van der Waals surface area (Å²) >= 11 is 3.54. The Labute approximate surface area is 117 Å². The first-order valence-electron chi connectivity index (χ1n) is 5.98. The molecule has 2 unspecified atom stereocenters. The van der Waals surface area contributed by atoms with E-state index >= 15 is 0 Å². The number of nitrogens with zero attached hydrogens (tertiary/aromatic N) is 1. The van der Waals surface area contributed by atoms with Gasteiger partial charge in [0.25, 0.3) is 0 Å². The van der Waals surface area contributed by atoms with Gasteiger partial charge in [-0.3, -0.25) is 9.69 Å². The van der Waals surface area contributed by atoms with E-state index in [0.29, 0.717) is 0 Å². The summed E-state index contributed by atoms with van der Waals surface area (Å²) in [7, 11) is 3.45. The predicted octanol–water partition coefficient (Wildman–Crippen LogP) is 3.08. The lowest BCUT2D eigenvalue weighted by Crippen LogP contribution is -2.38. The van der Waals surface area contributed by atoms with Crippen molar-refractivity contribution in [1.82, 2.24) is 4.90 Å². The summed E-state index contributed by atoms with van der Waals surface area (Å²) in [5.41, 5.74) is 1.21. The van der Waals surface area contributed by atoms with Crippen LogP contribution in [0.15, 0.2) is 28.7 Å². The van der Waals surface area contributed by atoms with Crippen molar-refractivity contribution < 1.29 is 9.53 Å². The van der Waals surface area contributed by atoms with Gasteiger partial charge in [-0.1, -0.05) is 41.1 Å². The third kappa shape index (κ3) is 3.82. The van der Waals surface area contributed by atoms with Crippen molar-refractivity contribution >= 4 is 21.9 Å². The fraction of sp³-hybridized carbons (Fsp3) is 0.500. The second kappa shape index (κ2) is 6.90. The molecule has 1 aromatic rings. The predicted molar refractivity (Wildman–Crippen MR) is 76.3 cm³/mol. The fourth-order valence-corrected chi connectivity index (χ4v) is 2.21. The number of rotatable bonds is 5. The van der Waals surface area contributed by atoms with E-state index in [2.05, 4.69) is 26.9 Å². The topological polar surface area (TPSA) is 29.5 Å². The number of carbonyl (C=O) groups is 1. The molecule has 0 saturated carbocycles. The van der Waals surface area contributed by atoms with Crippen molar-refractivity contribution in [2.45, 2.75) is 26.4 Å². The molecule has 2 atom stereocenters. The molecule has 0 fully saturated rings. The van der Waals surface area contributed by atoms with Crippen LogP contribution in [0.3, 0.4) is 0 Å². The quantitative estimate of drug-likeness (QED) is 0.782. The van der Waals surface area contributed by atoms with Crippen molar-refractivity contribution in [2.24, 2.45) is 5.92 Å². The van der Waals surface area contributed by atoms with E-state index in [1.807, 2.05) is 39.1 Å². The maximum atomic E-state index is 11.5. The molecule has 0 bridgehead atoms. The van der Waals surface area contributed by atoms with E-state index in [1.165, 1.54) is 12.7 Å². The van der Waals surface area contributed by atoms with Crippen LogP contribution in [0.1, 0.15) is 19.4 Å². The molecule has 0 aromatic heterocycles. The summed E-state index contributed by atoms with van der Waals surface area (Å²) in [6, 6.07) is 8.24. The second-order valence-electron chi connectivity index (χ2n) is 4.56. The molecule has 0 saturated heterocycles. The van der Waals surface area contributed by atoms with Crippen molar-refractivity contribution in [1.29, 1.82) is 0 Å². The van der Waals surface area contributed by atoms with Crippen LogP contribution in [-0.4, -0.2) is 31.1 Å². The molecule has 1 aromatic carbocycles. The minimum absolute atomic E-state index is 0.129. The molecule has 100 valence electrons. The summed E-state index contributed by atoms with van der Waals surface area (Å²) in [4.78, 5) is 13.7. The van der Waals surface area contributed by atoms with Gasteiger partial charge in [-0.2, -0.15) is 0 Å². The number of carbonyl (C=O) groups excluding carboxylic acids is 1. The zero-order valence-corrected chi connectivity index (χ0v) is 12.9. The van der Waals surface area contributed by atoms with Crippen LogP contribution in [-0.2, 0) is 16.1 Å². The Hall–Kier alpha value is -0.870. The molecule has 0 spiro atoms.